The van der Waals surface area contributed by atoms with E-state index in [2.05, 4.69) is 10.3 Å². The van der Waals surface area contributed by atoms with Crippen molar-refractivity contribution < 1.29 is 9.53 Å². The maximum Gasteiger partial charge on any atom is 0.267 e. The quantitative estimate of drug-likeness (QED) is 0.401. The molecule has 0 radical (unpaired) electrons. The zero-order valence-corrected chi connectivity index (χ0v) is 17.4. The molecule has 0 atom stereocenters. The lowest BCUT2D eigenvalue weighted by Gasteiger charge is -2.13. The number of pyridine rings is 1. The van der Waals surface area contributed by atoms with Crippen LogP contribution in [0.3, 0.4) is 0 Å². The molecule has 3 heterocycles. The summed E-state index contributed by atoms with van der Waals surface area (Å²) >= 11 is 6.55. The van der Waals surface area contributed by atoms with Gasteiger partial charge in [-0.25, -0.2) is 4.98 Å². The highest BCUT2D eigenvalue weighted by molar-refractivity contribution is 8.26. The summed E-state index contributed by atoms with van der Waals surface area (Å²) in [5, 5.41) is 3.20. The third kappa shape index (κ3) is 4.26. The number of aromatic nitrogens is 2. The molecule has 9 heteroatoms. The molecule has 7 nitrogen and oxygen atoms in total. The van der Waals surface area contributed by atoms with E-state index in [9.17, 15) is 9.59 Å². The smallest absolute Gasteiger partial charge is 0.267 e. The van der Waals surface area contributed by atoms with Crippen LogP contribution in [-0.2, 0) is 9.53 Å². The van der Waals surface area contributed by atoms with Crippen LogP contribution < -0.4 is 10.9 Å². The van der Waals surface area contributed by atoms with Gasteiger partial charge in [-0.3, -0.25) is 18.9 Å². The SMILES string of the molecule is CCCNc1nc2ccccn2c(=O)c1/C=C1\SC(=S)N(CCCOC)C1=O. The molecule has 1 aliphatic rings. The lowest BCUT2D eigenvalue weighted by Crippen LogP contribution is -2.29. The number of amides is 1. The fourth-order valence-corrected chi connectivity index (χ4v) is 4.09. The van der Waals surface area contributed by atoms with E-state index in [1.807, 2.05) is 13.0 Å². The highest BCUT2D eigenvalue weighted by Crippen LogP contribution is 2.33. The van der Waals surface area contributed by atoms with Gasteiger partial charge in [0.2, 0.25) is 0 Å². The largest absolute Gasteiger partial charge is 0.385 e. The standard InChI is InChI=1S/C19H22N4O3S2/c1-3-8-20-16-13(17(24)22-9-5-4-7-15(22)21-16)12-14-18(25)23(19(27)28-14)10-6-11-26-2/h4-5,7,9,12,20H,3,6,8,10-11H2,1-2H3/b14-12-. The molecule has 0 aliphatic carbocycles. The molecule has 1 N–H and O–H groups in total. The number of ether oxygens (including phenoxy) is 1. The van der Waals surface area contributed by atoms with Crippen LogP contribution in [0.2, 0.25) is 0 Å². The Morgan fingerprint density at radius 1 is 1.36 bits per heavy atom. The summed E-state index contributed by atoms with van der Waals surface area (Å²) in [5.74, 6) is 0.285. The van der Waals surface area contributed by atoms with Crippen molar-refractivity contribution in [3.8, 4) is 0 Å². The summed E-state index contributed by atoms with van der Waals surface area (Å²) in [6, 6.07) is 5.38. The number of thiocarbonyl (C=S) groups is 1. The zero-order valence-electron chi connectivity index (χ0n) is 15.8. The average molecular weight is 419 g/mol. The van der Waals surface area contributed by atoms with Gasteiger partial charge < -0.3 is 10.1 Å². The van der Waals surface area contributed by atoms with Crippen molar-refractivity contribution in [3.05, 3.63) is 45.2 Å². The maximum atomic E-state index is 13.0. The van der Waals surface area contributed by atoms with Crippen molar-refractivity contribution in [2.75, 3.05) is 32.1 Å². The van der Waals surface area contributed by atoms with Crippen LogP contribution in [0.15, 0.2) is 34.1 Å². The number of methoxy groups -OCH3 is 1. The molecular formula is C19H22N4O3S2. The van der Waals surface area contributed by atoms with Crippen molar-refractivity contribution in [2.24, 2.45) is 0 Å². The fraction of sp³-hybridized carbons (Fsp3) is 0.368. The predicted octanol–water partition coefficient (Wildman–Crippen LogP) is 2.75. The summed E-state index contributed by atoms with van der Waals surface area (Å²) in [6.45, 7) is 3.75. The van der Waals surface area contributed by atoms with Crippen molar-refractivity contribution in [1.82, 2.24) is 14.3 Å². The summed E-state index contributed by atoms with van der Waals surface area (Å²) in [4.78, 5) is 32.4. The van der Waals surface area contributed by atoms with Gasteiger partial charge in [0, 0.05) is 33.0 Å². The topological polar surface area (TPSA) is 75.9 Å². The Morgan fingerprint density at radius 3 is 2.93 bits per heavy atom. The van der Waals surface area contributed by atoms with E-state index >= 15 is 0 Å². The minimum absolute atomic E-state index is 0.190. The first-order valence-corrected chi connectivity index (χ1v) is 10.3. The van der Waals surface area contributed by atoms with E-state index in [1.165, 1.54) is 16.2 Å². The van der Waals surface area contributed by atoms with Gasteiger partial charge in [0.15, 0.2) is 0 Å². The number of hydrogen-bond acceptors (Lipinski definition) is 7. The number of rotatable bonds is 8. The van der Waals surface area contributed by atoms with Gasteiger partial charge in [0.25, 0.3) is 11.5 Å². The Bertz CT molecular complexity index is 987. The molecule has 0 aromatic carbocycles. The van der Waals surface area contributed by atoms with Crippen LogP contribution in [0.1, 0.15) is 25.3 Å². The molecule has 148 valence electrons. The Labute approximate surface area is 172 Å². The van der Waals surface area contributed by atoms with E-state index in [0.717, 1.165) is 6.42 Å². The van der Waals surface area contributed by atoms with Gasteiger partial charge in [0.05, 0.1) is 10.5 Å². The van der Waals surface area contributed by atoms with Gasteiger partial charge >= 0.3 is 0 Å². The van der Waals surface area contributed by atoms with Gasteiger partial charge in [0.1, 0.15) is 15.8 Å². The second-order valence-electron chi connectivity index (χ2n) is 6.21. The summed E-state index contributed by atoms with van der Waals surface area (Å²) in [6.07, 6.45) is 4.85. The third-order valence-corrected chi connectivity index (χ3v) is 5.57. The van der Waals surface area contributed by atoms with Gasteiger partial charge in [-0.1, -0.05) is 37.0 Å². The Balaban J connectivity index is 2.00. The number of carbonyl (C=O) groups excluding carboxylic acids is 1. The van der Waals surface area contributed by atoms with Crippen LogP contribution >= 0.6 is 24.0 Å². The van der Waals surface area contributed by atoms with Crippen molar-refractivity contribution in [3.63, 3.8) is 0 Å². The number of carbonyl (C=O) groups is 1. The van der Waals surface area contributed by atoms with Gasteiger partial charge in [-0.2, -0.15) is 0 Å². The molecular weight excluding hydrogens is 396 g/mol. The van der Waals surface area contributed by atoms with E-state index in [-0.39, 0.29) is 11.5 Å². The highest BCUT2D eigenvalue weighted by Gasteiger charge is 2.32. The molecule has 1 amide bonds. The Morgan fingerprint density at radius 2 is 2.18 bits per heavy atom. The van der Waals surface area contributed by atoms with E-state index < -0.39 is 0 Å². The van der Waals surface area contributed by atoms with E-state index in [1.54, 1.807) is 36.4 Å². The first-order chi connectivity index (χ1) is 13.6. The first kappa shape index (κ1) is 20.5. The zero-order chi connectivity index (χ0) is 20.1. The molecule has 2 aromatic rings. The minimum atomic E-state index is -0.228. The molecule has 0 saturated carbocycles. The second kappa shape index (κ2) is 9.31. The van der Waals surface area contributed by atoms with Crippen LogP contribution in [0.5, 0.6) is 0 Å². The number of hydrogen-bond donors (Lipinski definition) is 1. The monoisotopic (exact) mass is 418 g/mol. The predicted molar refractivity (Wildman–Crippen MR) is 117 cm³/mol. The summed E-state index contributed by atoms with van der Waals surface area (Å²) in [7, 11) is 1.62. The average Bonchev–Trinajstić information content (AvgIpc) is 2.96. The highest BCUT2D eigenvalue weighted by atomic mass is 32.2. The maximum absolute atomic E-state index is 13.0. The third-order valence-electron chi connectivity index (χ3n) is 4.19. The molecule has 2 aromatic heterocycles. The lowest BCUT2D eigenvalue weighted by atomic mass is 10.2. The second-order valence-corrected chi connectivity index (χ2v) is 7.89. The van der Waals surface area contributed by atoms with Crippen LogP contribution in [0.4, 0.5) is 5.82 Å². The lowest BCUT2D eigenvalue weighted by molar-refractivity contribution is -0.122. The van der Waals surface area contributed by atoms with Gasteiger partial charge in [-0.05, 0) is 31.1 Å². The van der Waals surface area contributed by atoms with Crippen LogP contribution in [0, 0.1) is 0 Å². The van der Waals surface area contributed by atoms with Crippen LogP contribution in [0.25, 0.3) is 11.7 Å². The van der Waals surface area contributed by atoms with E-state index in [0.29, 0.717) is 52.4 Å². The van der Waals surface area contributed by atoms with Crippen LogP contribution in [-0.4, -0.2) is 51.3 Å². The molecule has 3 rings (SSSR count). The fourth-order valence-electron chi connectivity index (χ4n) is 2.80. The minimum Gasteiger partial charge on any atom is -0.385 e. The number of anilines is 1. The number of nitrogens with one attached hydrogen (secondary N) is 1. The van der Waals surface area contributed by atoms with Crippen molar-refractivity contribution in [1.29, 1.82) is 0 Å². The van der Waals surface area contributed by atoms with Crippen molar-refractivity contribution >= 4 is 51.7 Å². The van der Waals surface area contributed by atoms with E-state index in [4.69, 9.17) is 17.0 Å². The number of thioether (sulfide) groups is 1. The molecule has 1 aliphatic heterocycles. The normalized spacial score (nSPS) is 15.8. The molecule has 0 bridgehead atoms. The number of fused-ring (bicyclic) bond motifs is 1. The molecule has 1 saturated heterocycles. The molecule has 28 heavy (non-hydrogen) atoms. The van der Waals surface area contributed by atoms with Gasteiger partial charge in [-0.15, -0.1) is 0 Å². The summed E-state index contributed by atoms with van der Waals surface area (Å²) in [5.41, 5.74) is 0.679. The summed E-state index contributed by atoms with van der Waals surface area (Å²) < 4.78 is 7.01. The van der Waals surface area contributed by atoms with Crippen molar-refractivity contribution in [2.45, 2.75) is 19.8 Å². The number of nitrogens with zero attached hydrogens (tertiary/aromatic N) is 3. The molecule has 1 fully saturated rings. The molecule has 0 unspecified atom stereocenters. The Kier molecular flexibility index (Phi) is 6.82. The molecule has 0 spiro atoms. The Hall–Kier alpha value is -2.23. The first-order valence-electron chi connectivity index (χ1n) is 9.06.